The van der Waals surface area contributed by atoms with E-state index in [1.54, 1.807) is 0 Å². The largest absolute Gasteiger partial charge is 0.507 e. The lowest BCUT2D eigenvalue weighted by atomic mass is 9.82. The van der Waals surface area contributed by atoms with Crippen LogP contribution in [0.5, 0.6) is 5.75 Å². The molecular formula is C21H34O2. The molecule has 0 spiro atoms. The summed E-state index contributed by atoms with van der Waals surface area (Å²) in [6.07, 6.45) is 11.8. The van der Waals surface area contributed by atoms with Gasteiger partial charge in [0.2, 0.25) is 0 Å². The van der Waals surface area contributed by atoms with E-state index in [4.69, 9.17) is 4.74 Å². The molecule has 2 aliphatic rings. The normalized spacial score (nSPS) is 21.8. The zero-order valence-corrected chi connectivity index (χ0v) is 15.2. The van der Waals surface area contributed by atoms with Crippen molar-refractivity contribution in [3.05, 3.63) is 28.8 Å². The van der Waals surface area contributed by atoms with Crippen LogP contribution in [0.15, 0.2) is 12.1 Å². The van der Waals surface area contributed by atoms with Gasteiger partial charge in [0.25, 0.3) is 0 Å². The molecule has 0 radical (unpaired) electrons. The number of benzene rings is 1. The Morgan fingerprint density at radius 1 is 1.04 bits per heavy atom. The van der Waals surface area contributed by atoms with Crippen LogP contribution in [-0.4, -0.2) is 17.8 Å². The fourth-order valence-corrected chi connectivity index (χ4v) is 3.84. The first kappa shape index (κ1) is 18.3. The highest BCUT2D eigenvalue weighted by Gasteiger charge is 2.20. The van der Waals surface area contributed by atoms with Crippen molar-refractivity contribution in [2.45, 2.75) is 90.6 Å². The maximum absolute atomic E-state index is 10.3. The summed E-state index contributed by atoms with van der Waals surface area (Å²) in [6.45, 7) is 7.42. The molecule has 1 aromatic rings. The van der Waals surface area contributed by atoms with Gasteiger partial charge in [0.15, 0.2) is 0 Å². The Morgan fingerprint density at radius 3 is 2.30 bits per heavy atom. The lowest BCUT2D eigenvalue weighted by Crippen LogP contribution is -2.06. The second-order valence-electron chi connectivity index (χ2n) is 7.09. The van der Waals surface area contributed by atoms with Gasteiger partial charge in [0.1, 0.15) is 5.75 Å². The second kappa shape index (κ2) is 9.32. The van der Waals surface area contributed by atoms with E-state index in [0.717, 1.165) is 18.6 Å². The Labute approximate surface area is 142 Å². The first-order valence-electron chi connectivity index (χ1n) is 9.59. The minimum absolute atomic E-state index is 0.569. The van der Waals surface area contributed by atoms with Gasteiger partial charge in [-0.3, -0.25) is 0 Å². The third-order valence-corrected chi connectivity index (χ3v) is 5.27. The van der Waals surface area contributed by atoms with Gasteiger partial charge in [-0.1, -0.05) is 50.8 Å². The molecule has 1 unspecified atom stereocenters. The molecule has 1 aliphatic carbocycles. The standard InChI is InChI=1S/C15H22O.C6H12O/c1-3-12-9-11(2)10-14(15(12)16)13-7-5-4-6-8-13;1-2-6-4-3-5-7-6/h9-10,13,16H,3-8H2,1-2H3;6H,2-5H2,1H3. The third kappa shape index (κ3) is 5.24. The number of hydrogen-bond donors (Lipinski definition) is 1. The molecule has 2 heteroatoms. The Hall–Kier alpha value is -1.02. The maximum Gasteiger partial charge on any atom is 0.122 e. The highest BCUT2D eigenvalue weighted by Crippen LogP contribution is 2.39. The number of phenols is 1. The van der Waals surface area contributed by atoms with Crippen molar-refractivity contribution in [3.8, 4) is 5.75 Å². The quantitative estimate of drug-likeness (QED) is 0.753. The lowest BCUT2D eigenvalue weighted by molar-refractivity contribution is 0.108. The van der Waals surface area contributed by atoms with E-state index < -0.39 is 0 Å². The third-order valence-electron chi connectivity index (χ3n) is 5.27. The fraction of sp³-hybridized carbons (Fsp3) is 0.714. The minimum Gasteiger partial charge on any atom is -0.507 e. The SMILES string of the molecule is CCC1CCCO1.CCc1cc(C)cc(C2CCCCC2)c1O. The van der Waals surface area contributed by atoms with Crippen LogP contribution in [0.1, 0.15) is 87.8 Å². The van der Waals surface area contributed by atoms with Gasteiger partial charge >= 0.3 is 0 Å². The molecule has 0 amide bonds. The number of rotatable bonds is 3. The van der Waals surface area contributed by atoms with Crippen LogP contribution in [0, 0.1) is 6.92 Å². The van der Waals surface area contributed by atoms with Gasteiger partial charge in [-0.25, -0.2) is 0 Å². The summed E-state index contributed by atoms with van der Waals surface area (Å²) in [5, 5.41) is 10.3. The van der Waals surface area contributed by atoms with Crippen LogP contribution in [0.25, 0.3) is 0 Å². The van der Waals surface area contributed by atoms with Gasteiger partial charge in [-0.05, 0) is 62.5 Å². The number of phenolic OH excluding ortho intramolecular Hbond substituents is 1. The minimum atomic E-state index is 0.569. The molecule has 23 heavy (non-hydrogen) atoms. The lowest BCUT2D eigenvalue weighted by Gasteiger charge is -2.24. The van der Waals surface area contributed by atoms with Gasteiger partial charge in [0.05, 0.1) is 6.10 Å². The van der Waals surface area contributed by atoms with Crippen LogP contribution >= 0.6 is 0 Å². The Bertz CT molecular complexity index is 469. The van der Waals surface area contributed by atoms with E-state index in [2.05, 4.69) is 32.9 Å². The van der Waals surface area contributed by atoms with E-state index in [1.807, 2.05) is 0 Å². The first-order valence-corrected chi connectivity index (χ1v) is 9.59. The second-order valence-corrected chi connectivity index (χ2v) is 7.09. The zero-order chi connectivity index (χ0) is 16.7. The topological polar surface area (TPSA) is 29.5 Å². The Morgan fingerprint density at radius 2 is 1.78 bits per heavy atom. The highest BCUT2D eigenvalue weighted by molar-refractivity contribution is 5.45. The molecule has 1 heterocycles. The van der Waals surface area contributed by atoms with Gasteiger partial charge in [-0.15, -0.1) is 0 Å². The van der Waals surface area contributed by atoms with Gasteiger partial charge < -0.3 is 9.84 Å². The summed E-state index contributed by atoms with van der Waals surface area (Å²) in [4.78, 5) is 0. The van der Waals surface area contributed by atoms with Crippen molar-refractivity contribution in [3.63, 3.8) is 0 Å². The van der Waals surface area contributed by atoms with Gasteiger partial charge in [0, 0.05) is 6.61 Å². The molecule has 1 aliphatic heterocycles. The molecule has 1 N–H and O–H groups in total. The predicted molar refractivity (Wildman–Crippen MR) is 97.3 cm³/mol. The summed E-state index contributed by atoms with van der Waals surface area (Å²) in [5.41, 5.74) is 3.60. The summed E-state index contributed by atoms with van der Waals surface area (Å²) >= 11 is 0. The average molecular weight is 319 g/mol. The molecule has 0 bridgehead atoms. The molecule has 0 aromatic heterocycles. The molecule has 1 saturated heterocycles. The zero-order valence-electron chi connectivity index (χ0n) is 15.2. The highest BCUT2D eigenvalue weighted by atomic mass is 16.5. The van der Waals surface area contributed by atoms with Gasteiger partial charge in [-0.2, -0.15) is 0 Å². The maximum atomic E-state index is 10.3. The summed E-state index contributed by atoms with van der Waals surface area (Å²) in [5.74, 6) is 1.17. The molecular weight excluding hydrogens is 284 g/mol. The molecule has 2 nitrogen and oxygen atoms in total. The summed E-state index contributed by atoms with van der Waals surface area (Å²) in [6, 6.07) is 4.30. The summed E-state index contributed by atoms with van der Waals surface area (Å²) < 4.78 is 5.30. The molecule has 1 saturated carbocycles. The fourth-order valence-electron chi connectivity index (χ4n) is 3.84. The molecule has 130 valence electrons. The Balaban J connectivity index is 0.000000229. The number of aromatic hydroxyl groups is 1. The van der Waals surface area contributed by atoms with Crippen molar-refractivity contribution in [1.29, 1.82) is 0 Å². The number of aryl methyl sites for hydroxylation is 2. The van der Waals surface area contributed by atoms with E-state index in [9.17, 15) is 5.11 Å². The van der Waals surface area contributed by atoms with E-state index in [-0.39, 0.29) is 0 Å². The predicted octanol–water partition coefficient (Wildman–Crippen LogP) is 5.89. The van der Waals surface area contributed by atoms with Crippen LogP contribution in [0.3, 0.4) is 0 Å². The van der Waals surface area contributed by atoms with Crippen LogP contribution < -0.4 is 0 Å². The number of ether oxygens (including phenoxy) is 1. The van der Waals surface area contributed by atoms with Crippen molar-refractivity contribution >= 4 is 0 Å². The van der Waals surface area contributed by atoms with E-state index in [1.165, 1.54) is 62.5 Å². The number of hydrogen-bond acceptors (Lipinski definition) is 2. The van der Waals surface area contributed by atoms with E-state index >= 15 is 0 Å². The van der Waals surface area contributed by atoms with Crippen LogP contribution in [0.2, 0.25) is 0 Å². The Kier molecular flexibility index (Phi) is 7.42. The molecule has 3 rings (SSSR count). The van der Waals surface area contributed by atoms with E-state index in [0.29, 0.717) is 17.8 Å². The smallest absolute Gasteiger partial charge is 0.122 e. The van der Waals surface area contributed by atoms with Crippen molar-refractivity contribution < 1.29 is 9.84 Å². The van der Waals surface area contributed by atoms with Crippen LogP contribution in [0.4, 0.5) is 0 Å². The van der Waals surface area contributed by atoms with Crippen LogP contribution in [-0.2, 0) is 11.2 Å². The van der Waals surface area contributed by atoms with Crippen molar-refractivity contribution in [1.82, 2.24) is 0 Å². The summed E-state index contributed by atoms with van der Waals surface area (Å²) in [7, 11) is 0. The monoisotopic (exact) mass is 318 g/mol. The van der Waals surface area contributed by atoms with Crippen molar-refractivity contribution in [2.75, 3.05) is 6.61 Å². The molecule has 1 aromatic carbocycles. The van der Waals surface area contributed by atoms with Crippen molar-refractivity contribution in [2.24, 2.45) is 0 Å². The average Bonchev–Trinajstić information content (AvgIpc) is 3.11. The molecule has 2 fully saturated rings. The molecule has 1 atom stereocenters. The first-order chi connectivity index (χ1) is 11.2.